The fourth-order valence-electron chi connectivity index (χ4n) is 1.17. The van der Waals surface area contributed by atoms with E-state index in [9.17, 15) is 0 Å². The number of anilines is 1. The number of nitrogens with two attached hydrogens (primary N) is 1. The Morgan fingerprint density at radius 2 is 2.25 bits per heavy atom. The Morgan fingerprint density at radius 1 is 1.50 bits per heavy atom. The maximum absolute atomic E-state index is 5.59. The number of hydrogen-bond acceptors (Lipinski definition) is 3. The van der Waals surface area contributed by atoms with Gasteiger partial charge in [-0.2, -0.15) is 0 Å². The highest BCUT2D eigenvalue weighted by Crippen LogP contribution is 2.29. The first-order valence-corrected chi connectivity index (χ1v) is 4.29. The Hall–Kier alpha value is -1.03. The van der Waals surface area contributed by atoms with E-state index in [0.29, 0.717) is 5.82 Å². The molecule has 62 valence electrons. The average Bonchev–Trinajstić information content (AvgIpc) is 2.31. The molecule has 0 aliphatic carbocycles. The Morgan fingerprint density at radius 3 is 3.00 bits per heavy atom. The monoisotopic (exact) mass is 226 g/mol. The van der Waals surface area contributed by atoms with Crippen LogP contribution in [0.4, 0.5) is 5.82 Å². The van der Waals surface area contributed by atoms with Crippen molar-refractivity contribution in [3.63, 3.8) is 0 Å². The first-order valence-electron chi connectivity index (χ1n) is 3.49. The van der Waals surface area contributed by atoms with E-state index < -0.39 is 0 Å². The molecule has 0 spiro atoms. The van der Waals surface area contributed by atoms with Gasteiger partial charge in [0.2, 0.25) is 0 Å². The van der Waals surface area contributed by atoms with E-state index in [1.807, 2.05) is 19.1 Å². The maximum Gasteiger partial charge on any atom is 0.175 e. The summed E-state index contributed by atoms with van der Waals surface area (Å²) in [6.07, 6.45) is 0. The van der Waals surface area contributed by atoms with Crippen LogP contribution in [0.15, 0.2) is 21.1 Å². The minimum atomic E-state index is 0.428. The quantitative estimate of drug-likeness (QED) is 0.752. The lowest BCUT2D eigenvalue weighted by Crippen LogP contribution is -1.84. The van der Waals surface area contributed by atoms with Crippen LogP contribution in [0.2, 0.25) is 0 Å². The second-order valence-corrected chi connectivity index (χ2v) is 3.54. The Kier molecular flexibility index (Phi) is 1.58. The molecular formula is C8H7BrN2O. The van der Waals surface area contributed by atoms with Gasteiger partial charge in [0.05, 0.1) is 5.39 Å². The van der Waals surface area contributed by atoms with Crippen LogP contribution in [-0.4, -0.2) is 5.16 Å². The molecule has 0 aliphatic rings. The van der Waals surface area contributed by atoms with Gasteiger partial charge in [0, 0.05) is 4.47 Å². The molecule has 1 aromatic carbocycles. The molecule has 0 amide bonds. The number of nitrogens with zero attached hydrogens (tertiary/aromatic N) is 1. The molecule has 0 atom stereocenters. The Balaban J connectivity index is 2.93. The molecule has 2 aromatic rings. The fourth-order valence-corrected chi connectivity index (χ4v) is 1.93. The zero-order chi connectivity index (χ0) is 8.72. The lowest BCUT2D eigenvalue weighted by Gasteiger charge is -1.94. The van der Waals surface area contributed by atoms with Gasteiger partial charge >= 0.3 is 0 Å². The van der Waals surface area contributed by atoms with Crippen LogP contribution in [0, 0.1) is 6.92 Å². The zero-order valence-corrected chi connectivity index (χ0v) is 8.05. The van der Waals surface area contributed by atoms with Gasteiger partial charge in [-0.15, -0.1) is 0 Å². The number of rotatable bonds is 0. The van der Waals surface area contributed by atoms with Crippen LogP contribution in [0.25, 0.3) is 11.0 Å². The summed E-state index contributed by atoms with van der Waals surface area (Å²) in [6, 6.07) is 3.89. The van der Waals surface area contributed by atoms with Crippen LogP contribution in [-0.2, 0) is 0 Å². The van der Waals surface area contributed by atoms with E-state index >= 15 is 0 Å². The molecule has 12 heavy (non-hydrogen) atoms. The average molecular weight is 227 g/mol. The van der Waals surface area contributed by atoms with E-state index in [2.05, 4.69) is 21.1 Å². The molecule has 0 bridgehead atoms. The summed E-state index contributed by atoms with van der Waals surface area (Å²) in [5, 5.41) is 4.52. The van der Waals surface area contributed by atoms with E-state index in [0.717, 1.165) is 21.0 Å². The van der Waals surface area contributed by atoms with Gasteiger partial charge in [-0.1, -0.05) is 5.16 Å². The summed E-state index contributed by atoms with van der Waals surface area (Å²) in [7, 11) is 0. The first-order chi connectivity index (χ1) is 5.68. The maximum atomic E-state index is 5.59. The molecule has 0 radical (unpaired) electrons. The lowest BCUT2D eigenvalue weighted by atomic mass is 10.2. The number of halogens is 1. The summed E-state index contributed by atoms with van der Waals surface area (Å²) in [4.78, 5) is 0. The molecule has 0 saturated carbocycles. The fraction of sp³-hybridized carbons (Fsp3) is 0.125. The molecule has 1 aromatic heterocycles. The van der Waals surface area contributed by atoms with E-state index in [1.165, 1.54) is 0 Å². The van der Waals surface area contributed by atoms with Crippen LogP contribution >= 0.6 is 15.9 Å². The first kappa shape index (κ1) is 7.61. The van der Waals surface area contributed by atoms with E-state index in [-0.39, 0.29) is 0 Å². The predicted octanol–water partition coefficient (Wildman–Crippen LogP) is 2.48. The number of fused-ring (bicyclic) bond motifs is 1. The topological polar surface area (TPSA) is 52.0 Å². The van der Waals surface area contributed by atoms with Gasteiger partial charge < -0.3 is 10.3 Å². The zero-order valence-electron chi connectivity index (χ0n) is 6.47. The third-order valence-electron chi connectivity index (χ3n) is 1.70. The van der Waals surface area contributed by atoms with Crippen LogP contribution in [0.1, 0.15) is 5.56 Å². The van der Waals surface area contributed by atoms with Crippen molar-refractivity contribution < 1.29 is 4.52 Å². The number of benzene rings is 1. The van der Waals surface area contributed by atoms with Crippen molar-refractivity contribution in [1.29, 1.82) is 0 Å². The van der Waals surface area contributed by atoms with Gasteiger partial charge in [-0.3, -0.25) is 0 Å². The van der Waals surface area contributed by atoms with Crippen molar-refractivity contribution in [1.82, 2.24) is 5.16 Å². The number of aryl methyl sites for hydroxylation is 1. The van der Waals surface area contributed by atoms with Crippen molar-refractivity contribution in [2.24, 2.45) is 0 Å². The molecule has 0 aliphatic heterocycles. The van der Waals surface area contributed by atoms with Gasteiger partial charge in [0.15, 0.2) is 11.4 Å². The number of nitrogen functional groups attached to an aromatic ring is 1. The lowest BCUT2D eigenvalue weighted by molar-refractivity contribution is 0.460. The minimum Gasteiger partial charge on any atom is -0.380 e. The molecule has 4 heteroatoms. The molecule has 2 rings (SSSR count). The highest BCUT2D eigenvalue weighted by atomic mass is 79.9. The molecule has 0 saturated heterocycles. The van der Waals surface area contributed by atoms with Crippen LogP contribution in [0.3, 0.4) is 0 Å². The highest BCUT2D eigenvalue weighted by molar-refractivity contribution is 9.10. The summed E-state index contributed by atoms with van der Waals surface area (Å²) < 4.78 is 5.93. The normalized spacial score (nSPS) is 10.8. The standard InChI is InChI=1S/C8H7BrN2O/c1-4-2-5(9)7-6(3-4)12-11-8(7)10/h2-3H,1H3,(H2,10,11). The summed E-state index contributed by atoms with van der Waals surface area (Å²) in [5.41, 5.74) is 7.43. The smallest absolute Gasteiger partial charge is 0.175 e. The van der Waals surface area contributed by atoms with Crippen molar-refractivity contribution in [2.45, 2.75) is 6.92 Å². The predicted molar refractivity (Wildman–Crippen MR) is 50.9 cm³/mol. The molecule has 0 unspecified atom stereocenters. The molecule has 2 N–H and O–H groups in total. The van der Waals surface area contributed by atoms with Crippen LogP contribution < -0.4 is 5.73 Å². The third-order valence-corrected chi connectivity index (χ3v) is 2.32. The van der Waals surface area contributed by atoms with Gasteiger partial charge in [-0.05, 0) is 40.5 Å². The van der Waals surface area contributed by atoms with Crippen molar-refractivity contribution in [3.8, 4) is 0 Å². The molecular weight excluding hydrogens is 220 g/mol. The largest absolute Gasteiger partial charge is 0.380 e. The Bertz CT molecular complexity index is 436. The molecule has 3 nitrogen and oxygen atoms in total. The van der Waals surface area contributed by atoms with Crippen LogP contribution in [0.5, 0.6) is 0 Å². The second-order valence-electron chi connectivity index (χ2n) is 2.69. The highest BCUT2D eigenvalue weighted by Gasteiger charge is 2.08. The summed E-state index contributed by atoms with van der Waals surface area (Å²) >= 11 is 3.40. The summed E-state index contributed by atoms with van der Waals surface area (Å²) in [5.74, 6) is 0.428. The van der Waals surface area contributed by atoms with Crippen molar-refractivity contribution in [3.05, 3.63) is 22.2 Å². The van der Waals surface area contributed by atoms with E-state index in [4.69, 9.17) is 10.3 Å². The van der Waals surface area contributed by atoms with Gasteiger partial charge in [0.1, 0.15) is 0 Å². The third kappa shape index (κ3) is 0.992. The van der Waals surface area contributed by atoms with Crippen molar-refractivity contribution in [2.75, 3.05) is 5.73 Å². The minimum absolute atomic E-state index is 0.428. The number of hydrogen-bond donors (Lipinski definition) is 1. The van der Waals surface area contributed by atoms with Gasteiger partial charge in [0.25, 0.3) is 0 Å². The summed E-state index contributed by atoms with van der Waals surface area (Å²) in [6.45, 7) is 1.99. The van der Waals surface area contributed by atoms with Gasteiger partial charge in [-0.25, -0.2) is 0 Å². The SMILES string of the molecule is Cc1cc(Br)c2c(N)noc2c1. The van der Waals surface area contributed by atoms with Crippen molar-refractivity contribution >= 4 is 32.7 Å². The Labute approximate surface area is 77.7 Å². The van der Waals surface area contributed by atoms with E-state index in [1.54, 1.807) is 0 Å². The number of aromatic nitrogens is 1. The molecule has 1 heterocycles. The molecule has 0 fully saturated rings. The second kappa shape index (κ2) is 2.48.